The Morgan fingerprint density at radius 1 is 1.18 bits per heavy atom. The normalized spacial score (nSPS) is 15.9. The maximum absolute atomic E-state index is 12.5. The van der Waals surface area contributed by atoms with Crippen molar-refractivity contribution in [2.24, 2.45) is 11.3 Å². The lowest BCUT2D eigenvalue weighted by atomic mass is 9.93. The molecule has 1 amide bonds. The van der Waals surface area contributed by atoms with E-state index in [2.05, 4.69) is 36.2 Å². The first-order valence-corrected chi connectivity index (χ1v) is 10.1. The minimum atomic E-state index is -0.288. The van der Waals surface area contributed by atoms with Crippen molar-refractivity contribution < 1.29 is 9.90 Å². The van der Waals surface area contributed by atoms with Crippen molar-refractivity contribution in [3.05, 3.63) is 29.0 Å². The highest BCUT2D eigenvalue weighted by molar-refractivity contribution is 5.83. The first-order valence-electron chi connectivity index (χ1n) is 10.1. The Morgan fingerprint density at radius 3 is 2.46 bits per heavy atom. The van der Waals surface area contributed by atoms with Gasteiger partial charge >= 0.3 is 0 Å². The number of piperidine rings is 1. The predicted molar refractivity (Wildman–Crippen MR) is 113 cm³/mol. The largest absolute Gasteiger partial charge is 0.396 e. The maximum Gasteiger partial charge on any atom is 0.226 e. The molecule has 28 heavy (non-hydrogen) atoms. The van der Waals surface area contributed by atoms with E-state index in [0.29, 0.717) is 6.54 Å². The molecule has 2 aromatic rings. The summed E-state index contributed by atoms with van der Waals surface area (Å²) in [6.07, 6.45) is 1.58. The van der Waals surface area contributed by atoms with Crippen molar-refractivity contribution in [2.75, 3.05) is 31.1 Å². The molecule has 0 radical (unpaired) electrons. The van der Waals surface area contributed by atoms with Gasteiger partial charge in [0.15, 0.2) is 0 Å². The van der Waals surface area contributed by atoms with Crippen LogP contribution in [-0.2, 0) is 4.79 Å². The van der Waals surface area contributed by atoms with E-state index in [1.54, 1.807) is 0 Å². The van der Waals surface area contributed by atoms with Crippen molar-refractivity contribution in [1.29, 1.82) is 0 Å². The van der Waals surface area contributed by atoms with Crippen LogP contribution in [0.5, 0.6) is 0 Å². The minimum absolute atomic E-state index is 0.0113. The summed E-state index contributed by atoms with van der Waals surface area (Å²) < 4.78 is 0. The lowest BCUT2D eigenvalue weighted by molar-refractivity contribution is -0.126. The second kappa shape index (κ2) is 8.03. The fourth-order valence-electron chi connectivity index (χ4n) is 3.54. The van der Waals surface area contributed by atoms with E-state index >= 15 is 0 Å². The number of nitrogens with one attached hydrogen (secondary N) is 1. The maximum atomic E-state index is 12.5. The van der Waals surface area contributed by atoms with Crippen LogP contribution in [0.4, 0.5) is 5.95 Å². The molecular formula is C22H32N4O2. The van der Waals surface area contributed by atoms with Gasteiger partial charge in [0.25, 0.3) is 0 Å². The van der Waals surface area contributed by atoms with Gasteiger partial charge in [0, 0.05) is 43.0 Å². The molecule has 2 heterocycles. The topological polar surface area (TPSA) is 78.4 Å². The lowest BCUT2D eigenvalue weighted by Crippen LogP contribution is -2.44. The molecule has 1 aromatic heterocycles. The number of aliphatic hydroxyl groups excluding tert-OH is 1. The standard InChI is InChI=1S/C22H32N4O2/c1-14-10-18-16(3)24-21(25-19(18)11-15(14)2)26-8-6-17(7-9-26)20(28)23-12-22(4,5)13-27/h10-11,17,27H,6-9,12-13H2,1-5H3,(H,23,28). The van der Waals surface area contributed by atoms with Crippen molar-refractivity contribution in [2.45, 2.75) is 47.5 Å². The number of benzene rings is 1. The predicted octanol–water partition coefficient (Wildman–Crippen LogP) is 2.91. The summed E-state index contributed by atoms with van der Waals surface area (Å²) in [6.45, 7) is 12.2. The fourth-order valence-corrected chi connectivity index (χ4v) is 3.54. The van der Waals surface area contributed by atoms with Crippen LogP contribution in [0.25, 0.3) is 10.9 Å². The zero-order chi connectivity index (χ0) is 20.5. The van der Waals surface area contributed by atoms with Crippen LogP contribution in [0, 0.1) is 32.1 Å². The number of hydrogen-bond acceptors (Lipinski definition) is 5. The van der Waals surface area contributed by atoms with Crippen LogP contribution in [0.1, 0.15) is 43.5 Å². The van der Waals surface area contributed by atoms with E-state index in [4.69, 9.17) is 9.97 Å². The monoisotopic (exact) mass is 384 g/mol. The molecule has 1 aliphatic heterocycles. The second-order valence-corrected chi connectivity index (χ2v) is 8.86. The van der Waals surface area contributed by atoms with E-state index < -0.39 is 0 Å². The summed E-state index contributed by atoms with van der Waals surface area (Å²) in [5.74, 6) is 0.855. The number of aryl methyl sites for hydroxylation is 3. The van der Waals surface area contributed by atoms with Crippen molar-refractivity contribution >= 4 is 22.8 Å². The van der Waals surface area contributed by atoms with E-state index in [0.717, 1.165) is 48.5 Å². The molecule has 1 aromatic carbocycles. The number of fused-ring (bicyclic) bond motifs is 1. The first-order chi connectivity index (χ1) is 13.2. The van der Waals surface area contributed by atoms with Gasteiger partial charge in [-0.2, -0.15) is 0 Å². The summed E-state index contributed by atoms with van der Waals surface area (Å²) in [6, 6.07) is 4.29. The van der Waals surface area contributed by atoms with E-state index in [1.165, 1.54) is 11.1 Å². The minimum Gasteiger partial charge on any atom is -0.396 e. The number of aliphatic hydroxyl groups is 1. The van der Waals surface area contributed by atoms with Crippen LogP contribution in [0.2, 0.25) is 0 Å². The van der Waals surface area contributed by atoms with E-state index in [1.807, 2.05) is 20.8 Å². The molecule has 6 heteroatoms. The van der Waals surface area contributed by atoms with Crippen LogP contribution in [-0.4, -0.2) is 47.2 Å². The second-order valence-electron chi connectivity index (χ2n) is 8.86. The molecule has 3 rings (SSSR count). The van der Waals surface area contributed by atoms with Gasteiger partial charge in [-0.1, -0.05) is 13.8 Å². The van der Waals surface area contributed by atoms with Crippen LogP contribution >= 0.6 is 0 Å². The van der Waals surface area contributed by atoms with Crippen LogP contribution in [0.3, 0.4) is 0 Å². The Balaban J connectivity index is 1.66. The average Bonchev–Trinajstić information content (AvgIpc) is 2.68. The summed E-state index contributed by atoms with van der Waals surface area (Å²) in [4.78, 5) is 24.2. The van der Waals surface area contributed by atoms with Crippen molar-refractivity contribution in [3.63, 3.8) is 0 Å². The highest BCUT2D eigenvalue weighted by atomic mass is 16.3. The van der Waals surface area contributed by atoms with Crippen LogP contribution < -0.4 is 10.2 Å². The fraction of sp³-hybridized carbons (Fsp3) is 0.591. The number of carbonyl (C=O) groups is 1. The highest BCUT2D eigenvalue weighted by Gasteiger charge is 2.27. The summed E-state index contributed by atoms with van der Waals surface area (Å²) in [7, 11) is 0. The molecule has 1 aliphatic rings. The molecule has 2 N–H and O–H groups in total. The average molecular weight is 385 g/mol. The third-order valence-corrected chi connectivity index (χ3v) is 5.81. The molecule has 1 saturated heterocycles. The molecular weight excluding hydrogens is 352 g/mol. The summed E-state index contributed by atoms with van der Waals surface area (Å²) >= 11 is 0. The summed E-state index contributed by atoms with van der Waals surface area (Å²) in [5.41, 5.74) is 4.18. The number of rotatable bonds is 5. The lowest BCUT2D eigenvalue weighted by Gasteiger charge is -2.32. The number of amides is 1. The molecule has 0 unspecified atom stereocenters. The Bertz CT molecular complexity index is 870. The third-order valence-electron chi connectivity index (χ3n) is 5.81. The zero-order valence-corrected chi connectivity index (χ0v) is 17.7. The van der Waals surface area contributed by atoms with Gasteiger partial charge in [0.05, 0.1) is 11.2 Å². The van der Waals surface area contributed by atoms with Crippen LogP contribution in [0.15, 0.2) is 12.1 Å². The van der Waals surface area contributed by atoms with Crippen molar-refractivity contribution in [1.82, 2.24) is 15.3 Å². The van der Waals surface area contributed by atoms with Gasteiger partial charge < -0.3 is 15.3 Å². The Kier molecular flexibility index (Phi) is 5.89. The molecule has 0 aliphatic carbocycles. The Hall–Kier alpha value is -2.21. The molecule has 6 nitrogen and oxygen atoms in total. The van der Waals surface area contributed by atoms with E-state index in [9.17, 15) is 9.90 Å². The molecule has 0 saturated carbocycles. The first kappa shape index (κ1) is 20.5. The summed E-state index contributed by atoms with van der Waals surface area (Å²) in [5, 5.41) is 13.4. The van der Waals surface area contributed by atoms with Gasteiger partial charge in [-0.15, -0.1) is 0 Å². The number of anilines is 1. The van der Waals surface area contributed by atoms with Gasteiger partial charge in [0.2, 0.25) is 11.9 Å². The SMILES string of the molecule is Cc1cc2nc(N3CCC(C(=O)NCC(C)(C)CO)CC3)nc(C)c2cc1C. The van der Waals surface area contributed by atoms with Gasteiger partial charge in [-0.05, 0) is 56.9 Å². The quantitative estimate of drug-likeness (QED) is 0.829. The number of carbonyl (C=O) groups excluding carboxylic acids is 1. The molecule has 152 valence electrons. The van der Waals surface area contributed by atoms with E-state index in [-0.39, 0.29) is 23.8 Å². The molecule has 0 atom stereocenters. The smallest absolute Gasteiger partial charge is 0.226 e. The van der Waals surface area contributed by atoms with Gasteiger partial charge in [-0.25, -0.2) is 9.97 Å². The number of hydrogen-bond donors (Lipinski definition) is 2. The highest BCUT2D eigenvalue weighted by Crippen LogP contribution is 2.26. The Morgan fingerprint density at radius 2 is 1.82 bits per heavy atom. The van der Waals surface area contributed by atoms with Crippen molar-refractivity contribution in [3.8, 4) is 0 Å². The number of aromatic nitrogens is 2. The molecule has 0 bridgehead atoms. The van der Waals surface area contributed by atoms with Gasteiger partial charge in [-0.3, -0.25) is 4.79 Å². The third kappa shape index (κ3) is 4.43. The zero-order valence-electron chi connectivity index (χ0n) is 17.7. The molecule has 0 spiro atoms. The number of nitrogens with zero attached hydrogens (tertiary/aromatic N) is 3. The Labute approximate surface area is 167 Å². The molecule has 1 fully saturated rings. The van der Waals surface area contributed by atoms with Gasteiger partial charge in [0.1, 0.15) is 0 Å².